The lowest BCUT2D eigenvalue weighted by atomic mass is 10.1. The summed E-state index contributed by atoms with van der Waals surface area (Å²) in [5.41, 5.74) is 0.795. The zero-order valence-electron chi connectivity index (χ0n) is 11.4. The third kappa shape index (κ3) is 3.48. The Morgan fingerprint density at radius 1 is 1.59 bits per heavy atom. The molecule has 8 nitrogen and oxygen atoms in total. The Morgan fingerprint density at radius 3 is 2.86 bits per heavy atom. The van der Waals surface area contributed by atoms with Gasteiger partial charge in [0, 0.05) is 18.3 Å². The average Bonchev–Trinajstić information content (AvgIpc) is 2.77. The number of nitrogens with zero attached hydrogens (tertiary/aromatic N) is 4. The predicted octanol–water partition coefficient (Wildman–Crippen LogP) is 2.37. The van der Waals surface area contributed by atoms with Crippen LogP contribution in [0.15, 0.2) is 28.9 Å². The first kappa shape index (κ1) is 15.7. The van der Waals surface area contributed by atoms with Gasteiger partial charge >= 0.3 is 0 Å². The molecule has 1 aromatic heterocycles. The number of aryl methyl sites for hydroxylation is 1. The van der Waals surface area contributed by atoms with Gasteiger partial charge in [0.2, 0.25) is 5.91 Å². The number of hydrogen-bond acceptors (Lipinski definition) is 5. The van der Waals surface area contributed by atoms with Gasteiger partial charge in [-0.15, -0.1) is 0 Å². The minimum atomic E-state index is -0.601. The quantitative estimate of drug-likeness (QED) is 0.661. The summed E-state index contributed by atoms with van der Waals surface area (Å²) < 4.78 is 2.24. The summed E-state index contributed by atoms with van der Waals surface area (Å²) in [6.07, 6.45) is 1.66. The lowest BCUT2D eigenvalue weighted by Crippen LogP contribution is -2.19. The molecule has 0 unspecified atom stereocenters. The summed E-state index contributed by atoms with van der Waals surface area (Å²) in [6.45, 7) is 1.76. The van der Waals surface area contributed by atoms with Crippen LogP contribution in [-0.2, 0) is 11.3 Å². The van der Waals surface area contributed by atoms with Crippen molar-refractivity contribution in [2.45, 2.75) is 13.5 Å². The Labute approximate surface area is 133 Å². The molecule has 2 rings (SSSR count). The van der Waals surface area contributed by atoms with Crippen LogP contribution in [0.25, 0.3) is 0 Å². The molecule has 1 N–H and O–H groups in total. The van der Waals surface area contributed by atoms with Gasteiger partial charge < -0.3 is 5.32 Å². The fourth-order valence-electron chi connectivity index (χ4n) is 1.76. The van der Waals surface area contributed by atoms with Crippen molar-refractivity contribution in [3.63, 3.8) is 0 Å². The third-order valence-corrected chi connectivity index (χ3v) is 3.58. The Hall–Kier alpha value is -2.73. The molecule has 0 aliphatic heterocycles. The predicted molar refractivity (Wildman–Crippen MR) is 81.1 cm³/mol. The molecule has 0 radical (unpaired) electrons. The smallest absolute Gasteiger partial charge is 0.270 e. The molecule has 0 atom stereocenters. The maximum Gasteiger partial charge on any atom is 0.270 e. The highest BCUT2D eigenvalue weighted by Gasteiger charge is 2.13. The Kier molecular flexibility index (Phi) is 4.53. The number of amides is 1. The van der Waals surface area contributed by atoms with E-state index >= 15 is 0 Å². The number of carbonyl (C=O) groups is 1. The zero-order chi connectivity index (χ0) is 16.3. The van der Waals surface area contributed by atoms with Crippen LogP contribution in [0, 0.1) is 28.4 Å². The monoisotopic (exact) mass is 363 g/mol. The Bertz CT molecular complexity index is 774. The van der Waals surface area contributed by atoms with Gasteiger partial charge in [-0.3, -0.25) is 19.6 Å². The topological polar surface area (TPSA) is 114 Å². The lowest BCUT2D eigenvalue weighted by molar-refractivity contribution is -0.384. The van der Waals surface area contributed by atoms with Crippen LogP contribution < -0.4 is 5.32 Å². The van der Waals surface area contributed by atoms with Gasteiger partial charge in [-0.2, -0.15) is 10.4 Å². The van der Waals surface area contributed by atoms with E-state index in [2.05, 4.69) is 26.3 Å². The number of nitro benzene ring substituents is 1. The molecule has 0 spiro atoms. The number of nitrogens with one attached hydrogen (secondary N) is 1. The maximum atomic E-state index is 12.0. The maximum absolute atomic E-state index is 12.0. The first-order valence-electron chi connectivity index (χ1n) is 6.08. The van der Waals surface area contributed by atoms with Crippen LogP contribution in [0.1, 0.15) is 11.3 Å². The van der Waals surface area contributed by atoms with Crippen molar-refractivity contribution in [3.05, 3.63) is 50.2 Å². The average molecular weight is 364 g/mol. The number of benzene rings is 1. The van der Waals surface area contributed by atoms with Crippen molar-refractivity contribution in [2.75, 3.05) is 5.32 Å². The van der Waals surface area contributed by atoms with Crippen molar-refractivity contribution in [2.24, 2.45) is 0 Å². The second kappa shape index (κ2) is 6.36. The first-order valence-corrected chi connectivity index (χ1v) is 6.88. The number of non-ortho nitro benzene ring substituents is 1. The Balaban J connectivity index is 2.14. The summed E-state index contributed by atoms with van der Waals surface area (Å²) in [4.78, 5) is 22.0. The molecule has 0 saturated heterocycles. The summed E-state index contributed by atoms with van der Waals surface area (Å²) >= 11 is 3.30. The normalized spacial score (nSPS) is 10.0. The number of nitro groups is 1. The van der Waals surface area contributed by atoms with E-state index in [9.17, 15) is 14.9 Å². The molecule has 0 bridgehead atoms. The lowest BCUT2D eigenvalue weighted by Gasteiger charge is -2.07. The van der Waals surface area contributed by atoms with Crippen molar-refractivity contribution in [1.29, 1.82) is 5.26 Å². The molecule has 9 heteroatoms. The van der Waals surface area contributed by atoms with Gasteiger partial charge in [-0.25, -0.2) is 0 Å². The number of rotatable bonds is 4. The Morgan fingerprint density at radius 2 is 2.32 bits per heavy atom. The molecular formula is C13H10BrN5O3. The molecule has 1 aromatic carbocycles. The number of nitriles is 1. The molecule has 0 aliphatic rings. The number of hydrogen-bond donors (Lipinski definition) is 1. The molecule has 22 heavy (non-hydrogen) atoms. The summed E-state index contributed by atoms with van der Waals surface area (Å²) in [7, 11) is 0. The van der Waals surface area contributed by atoms with E-state index in [0.29, 0.717) is 0 Å². The van der Waals surface area contributed by atoms with E-state index < -0.39 is 4.92 Å². The summed E-state index contributed by atoms with van der Waals surface area (Å²) in [6, 6.07) is 5.50. The van der Waals surface area contributed by atoms with Crippen LogP contribution in [0.3, 0.4) is 0 Å². The highest BCUT2D eigenvalue weighted by molar-refractivity contribution is 9.10. The van der Waals surface area contributed by atoms with Gasteiger partial charge in [-0.05, 0) is 28.9 Å². The third-order valence-electron chi connectivity index (χ3n) is 2.80. The molecule has 0 fully saturated rings. The van der Waals surface area contributed by atoms with Crippen molar-refractivity contribution < 1.29 is 9.72 Å². The second-order valence-electron chi connectivity index (χ2n) is 4.41. The standard InChI is InChI=1S/C13H10BrN5O3/c1-8-11(14)6-18(17-8)7-13(20)16-12-3-2-10(19(21)22)4-9(12)5-15/h2-4,6H,7H2,1H3,(H,16,20). The highest BCUT2D eigenvalue weighted by Crippen LogP contribution is 2.21. The summed E-state index contributed by atoms with van der Waals surface area (Å²) in [5, 5.41) is 26.4. The largest absolute Gasteiger partial charge is 0.323 e. The van der Waals surface area contributed by atoms with Crippen LogP contribution >= 0.6 is 15.9 Å². The van der Waals surface area contributed by atoms with E-state index in [1.807, 2.05) is 6.07 Å². The van der Waals surface area contributed by atoms with Gasteiger partial charge in [0.05, 0.1) is 26.3 Å². The van der Waals surface area contributed by atoms with Gasteiger partial charge in [-0.1, -0.05) is 0 Å². The minimum Gasteiger partial charge on any atom is -0.323 e. The molecule has 2 aromatic rings. The van der Waals surface area contributed by atoms with Crippen molar-refractivity contribution in [1.82, 2.24) is 9.78 Å². The van der Waals surface area contributed by atoms with E-state index in [4.69, 9.17) is 5.26 Å². The first-order chi connectivity index (χ1) is 10.4. The molecule has 112 valence electrons. The molecule has 1 heterocycles. The second-order valence-corrected chi connectivity index (χ2v) is 5.26. The van der Waals surface area contributed by atoms with Gasteiger partial charge in [0.1, 0.15) is 12.6 Å². The molecule has 0 aliphatic carbocycles. The van der Waals surface area contributed by atoms with Crippen LogP contribution in [-0.4, -0.2) is 20.6 Å². The SMILES string of the molecule is Cc1nn(CC(=O)Nc2ccc([N+](=O)[O-])cc2C#N)cc1Br. The number of anilines is 1. The highest BCUT2D eigenvalue weighted by atomic mass is 79.9. The minimum absolute atomic E-state index is 0.0281. The van der Waals surface area contributed by atoms with Crippen molar-refractivity contribution in [3.8, 4) is 6.07 Å². The number of halogens is 1. The van der Waals surface area contributed by atoms with E-state index in [1.165, 1.54) is 16.8 Å². The van der Waals surface area contributed by atoms with E-state index in [-0.39, 0.29) is 29.4 Å². The number of carbonyl (C=O) groups excluding carboxylic acids is 1. The molecule has 1 amide bonds. The van der Waals surface area contributed by atoms with Gasteiger partial charge in [0.25, 0.3) is 5.69 Å². The van der Waals surface area contributed by atoms with Crippen LogP contribution in [0.2, 0.25) is 0 Å². The number of aromatic nitrogens is 2. The van der Waals surface area contributed by atoms with Gasteiger partial charge in [0.15, 0.2) is 0 Å². The fourth-order valence-corrected chi connectivity index (χ4v) is 2.07. The summed E-state index contributed by atoms with van der Waals surface area (Å²) in [5.74, 6) is -0.389. The molecule has 0 saturated carbocycles. The zero-order valence-corrected chi connectivity index (χ0v) is 13.0. The van der Waals surface area contributed by atoms with E-state index in [0.717, 1.165) is 16.2 Å². The van der Waals surface area contributed by atoms with Crippen LogP contribution in [0.4, 0.5) is 11.4 Å². The fraction of sp³-hybridized carbons (Fsp3) is 0.154. The van der Waals surface area contributed by atoms with E-state index in [1.54, 1.807) is 13.1 Å². The van der Waals surface area contributed by atoms with Crippen LogP contribution in [0.5, 0.6) is 0 Å². The molecular weight excluding hydrogens is 354 g/mol. The van der Waals surface area contributed by atoms with Crippen molar-refractivity contribution >= 4 is 33.2 Å².